The van der Waals surface area contributed by atoms with E-state index in [1.165, 1.54) is 24.1 Å². The first kappa shape index (κ1) is 18.2. The summed E-state index contributed by atoms with van der Waals surface area (Å²) in [4.78, 5) is 24.9. The van der Waals surface area contributed by atoms with Crippen LogP contribution in [0.25, 0.3) is 0 Å². The van der Waals surface area contributed by atoms with E-state index in [2.05, 4.69) is 5.32 Å². The first-order chi connectivity index (χ1) is 10.2. The van der Waals surface area contributed by atoms with Crippen molar-refractivity contribution >= 4 is 21.7 Å². The Morgan fingerprint density at radius 2 is 1.77 bits per heavy atom. The summed E-state index contributed by atoms with van der Waals surface area (Å²) in [6.45, 7) is 3.57. The lowest BCUT2D eigenvalue weighted by molar-refractivity contribution is -0.134. The molecule has 0 aromatic heterocycles. The van der Waals surface area contributed by atoms with Gasteiger partial charge < -0.3 is 10.2 Å². The number of carbonyl (C=O) groups excluding carboxylic acids is 2. The summed E-state index contributed by atoms with van der Waals surface area (Å²) in [5.41, 5.74) is 0. The van der Waals surface area contributed by atoms with Crippen molar-refractivity contribution in [3.8, 4) is 0 Å². The van der Waals surface area contributed by atoms with Crippen LogP contribution in [0.1, 0.15) is 20.3 Å². The van der Waals surface area contributed by atoms with Gasteiger partial charge in [0.1, 0.15) is 0 Å². The molecule has 0 radical (unpaired) electrons. The molecule has 1 N–H and O–H groups in total. The van der Waals surface area contributed by atoms with Crippen molar-refractivity contribution in [1.82, 2.24) is 10.2 Å². The maximum Gasteiger partial charge on any atom is 0.239 e. The van der Waals surface area contributed by atoms with Crippen LogP contribution in [0, 0.1) is 0 Å². The predicted molar refractivity (Wildman–Crippen MR) is 84.0 cm³/mol. The molecule has 0 unspecified atom stereocenters. The van der Waals surface area contributed by atoms with Crippen LogP contribution in [0.4, 0.5) is 0 Å². The lowest BCUT2D eigenvalue weighted by Crippen LogP contribution is -2.41. The Balaban J connectivity index is 2.53. The molecule has 6 nitrogen and oxygen atoms in total. The van der Waals surface area contributed by atoms with Crippen LogP contribution < -0.4 is 5.32 Å². The second-order valence-electron chi connectivity index (χ2n) is 5.35. The average Bonchev–Trinajstić information content (AvgIpc) is 2.44. The maximum atomic E-state index is 12.1. The number of nitrogens with zero attached hydrogens (tertiary/aromatic N) is 1. The van der Waals surface area contributed by atoms with Crippen molar-refractivity contribution in [2.24, 2.45) is 0 Å². The number of likely N-dealkylation sites (N-methyl/N-ethyl adjacent to an activating group) is 1. The predicted octanol–water partition coefficient (Wildman–Crippen LogP) is 0.833. The highest BCUT2D eigenvalue weighted by atomic mass is 32.2. The molecule has 1 rings (SSSR count). The second-order valence-corrected chi connectivity index (χ2v) is 7.46. The molecule has 0 bridgehead atoms. The second kappa shape index (κ2) is 7.93. The third-order valence-corrected chi connectivity index (χ3v) is 4.68. The van der Waals surface area contributed by atoms with Gasteiger partial charge in [-0.3, -0.25) is 9.59 Å². The molecule has 0 aliphatic rings. The Hall–Kier alpha value is -1.89. The summed E-state index contributed by atoms with van der Waals surface area (Å²) < 4.78 is 24.2. The van der Waals surface area contributed by atoms with E-state index in [0.29, 0.717) is 0 Å². The van der Waals surface area contributed by atoms with Gasteiger partial charge in [-0.25, -0.2) is 8.42 Å². The smallest absolute Gasteiger partial charge is 0.239 e. The lowest BCUT2D eigenvalue weighted by atomic mass is 10.3. The van der Waals surface area contributed by atoms with Crippen molar-refractivity contribution in [2.75, 3.05) is 19.3 Å². The SMILES string of the molecule is CC(C)NC(=O)CN(C)C(=O)CCS(=O)(=O)c1ccccc1. The minimum absolute atomic E-state index is 0.00513. The van der Waals surface area contributed by atoms with Gasteiger partial charge in [0, 0.05) is 19.5 Å². The van der Waals surface area contributed by atoms with Crippen LogP contribution in [0.2, 0.25) is 0 Å². The summed E-state index contributed by atoms with van der Waals surface area (Å²) in [5.74, 6) is -0.915. The molecule has 0 spiro atoms. The number of amides is 2. The van der Waals surface area contributed by atoms with Crippen molar-refractivity contribution < 1.29 is 18.0 Å². The number of rotatable bonds is 7. The van der Waals surface area contributed by atoms with E-state index in [0.717, 1.165) is 0 Å². The molecule has 2 amide bonds. The average molecular weight is 326 g/mol. The summed E-state index contributed by atoms with van der Waals surface area (Å²) in [7, 11) is -2.00. The third-order valence-electron chi connectivity index (χ3n) is 2.94. The van der Waals surface area contributed by atoms with Gasteiger partial charge in [0.2, 0.25) is 11.8 Å². The Labute approximate surface area is 131 Å². The van der Waals surface area contributed by atoms with Gasteiger partial charge in [-0.2, -0.15) is 0 Å². The highest BCUT2D eigenvalue weighted by molar-refractivity contribution is 7.91. The molecule has 1 aromatic rings. The van der Waals surface area contributed by atoms with E-state index in [4.69, 9.17) is 0 Å². The zero-order valence-corrected chi connectivity index (χ0v) is 13.9. The Kier molecular flexibility index (Phi) is 6.55. The van der Waals surface area contributed by atoms with Gasteiger partial charge in [0.25, 0.3) is 0 Å². The third kappa shape index (κ3) is 5.85. The lowest BCUT2D eigenvalue weighted by Gasteiger charge is -2.17. The molecule has 0 aliphatic heterocycles. The minimum atomic E-state index is -3.48. The fourth-order valence-corrected chi connectivity index (χ4v) is 3.08. The van der Waals surface area contributed by atoms with E-state index >= 15 is 0 Å². The summed E-state index contributed by atoms with van der Waals surface area (Å²) in [6, 6.07) is 7.99. The van der Waals surface area contributed by atoms with E-state index in [1.54, 1.807) is 18.2 Å². The topological polar surface area (TPSA) is 83.6 Å². The summed E-state index contributed by atoms with van der Waals surface area (Å²) in [6.07, 6.45) is -0.150. The largest absolute Gasteiger partial charge is 0.352 e. The molecular weight excluding hydrogens is 304 g/mol. The summed E-state index contributed by atoms with van der Waals surface area (Å²) in [5, 5.41) is 2.68. The fraction of sp³-hybridized carbons (Fsp3) is 0.467. The van der Waals surface area contributed by atoms with Crippen LogP contribution >= 0.6 is 0 Å². The maximum absolute atomic E-state index is 12.1. The quantitative estimate of drug-likeness (QED) is 0.804. The number of nitrogens with one attached hydrogen (secondary N) is 1. The zero-order valence-electron chi connectivity index (χ0n) is 13.1. The summed E-state index contributed by atoms with van der Waals surface area (Å²) >= 11 is 0. The van der Waals surface area contributed by atoms with Gasteiger partial charge in [0.05, 0.1) is 17.2 Å². The monoisotopic (exact) mass is 326 g/mol. The normalized spacial score (nSPS) is 11.3. The molecule has 122 valence electrons. The van der Waals surface area contributed by atoms with Crippen LogP contribution in [0.15, 0.2) is 35.2 Å². The van der Waals surface area contributed by atoms with Crippen molar-refractivity contribution in [1.29, 1.82) is 0 Å². The van der Waals surface area contributed by atoms with Gasteiger partial charge >= 0.3 is 0 Å². The molecule has 1 aromatic carbocycles. The number of hydrogen-bond donors (Lipinski definition) is 1. The van der Waals surface area contributed by atoms with Gasteiger partial charge in [-0.1, -0.05) is 18.2 Å². The number of carbonyl (C=O) groups is 2. The van der Waals surface area contributed by atoms with Crippen molar-refractivity contribution in [2.45, 2.75) is 31.2 Å². The molecule has 0 aliphatic carbocycles. The van der Waals surface area contributed by atoms with Crippen LogP contribution in [-0.4, -0.2) is 50.5 Å². The molecule has 7 heteroatoms. The van der Waals surface area contributed by atoms with Crippen molar-refractivity contribution in [3.05, 3.63) is 30.3 Å². The molecular formula is C15H22N2O4S. The Morgan fingerprint density at radius 3 is 2.32 bits per heavy atom. The molecule has 0 saturated heterocycles. The van der Waals surface area contributed by atoms with Gasteiger partial charge in [0.15, 0.2) is 9.84 Å². The molecule has 22 heavy (non-hydrogen) atoms. The van der Waals surface area contributed by atoms with E-state index in [-0.39, 0.29) is 41.5 Å². The number of sulfone groups is 1. The Morgan fingerprint density at radius 1 is 1.18 bits per heavy atom. The van der Waals surface area contributed by atoms with Crippen LogP contribution in [0.5, 0.6) is 0 Å². The van der Waals surface area contributed by atoms with E-state index < -0.39 is 9.84 Å². The molecule has 0 fully saturated rings. The molecule has 0 heterocycles. The minimum Gasteiger partial charge on any atom is -0.352 e. The van der Waals surface area contributed by atoms with Crippen LogP contribution in [-0.2, 0) is 19.4 Å². The van der Waals surface area contributed by atoms with Crippen LogP contribution in [0.3, 0.4) is 0 Å². The number of hydrogen-bond acceptors (Lipinski definition) is 4. The first-order valence-corrected chi connectivity index (χ1v) is 8.68. The fourth-order valence-electron chi connectivity index (χ4n) is 1.83. The standard InChI is InChI=1S/C15H22N2O4S/c1-12(2)16-14(18)11-17(3)15(19)9-10-22(20,21)13-7-5-4-6-8-13/h4-8,12H,9-11H2,1-3H3,(H,16,18). The number of benzene rings is 1. The highest BCUT2D eigenvalue weighted by Gasteiger charge is 2.19. The van der Waals surface area contributed by atoms with Crippen molar-refractivity contribution in [3.63, 3.8) is 0 Å². The van der Waals surface area contributed by atoms with Gasteiger partial charge in [-0.05, 0) is 26.0 Å². The Bertz CT molecular complexity index is 612. The molecule has 0 saturated carbocycles. The van der Waals surface area contributed by atoms with Gasteiger partial charge in [-0.15, -0.1) is 0 Å². The first-order valence-electron chi connectivity index (χ1n) is 7.03. The zero-order chi connectivity index (χ0) is 16.8. The van der Waals surface area contributed by atoms with E-state index in [1.807, 2.05) is 13.8 Å². The highest BCUT2D eigenvalue weighted by Crippen LogP contribution is 2.11. The van der Waals surface area contributed by atoms with E-state index in [9.17, 15) is 18.0 Å². The molecule has 0 atom stereocenters.